The van der Waals surface area contributed by atoms with Crippen LogP contribution in [0.2, 0.25) is 0 Å². The van der Waals surface area contributed by atoms with E-state index in [0.717, 1.165) is 52.8 Å². The molecular weight excluding hydrogens is 519 g/mol. The molecule has 0 aliphatic rings. The summed E-state index contributed by atoms with van der Waals surface area (Å²) in [6.45, 7) is 4.93. The van der Waals surface area contributed by atoms with Gasteiger partial charge in [-0.15, -0.1) is 0 Å². The summed E-state index contributed by atoms with van der Waals surface area (Å²) in [5.41, 5.74) is 7.40. The van der Waals surface area contributed by atoms with Crippen LogP contribution in [-0.4, -0.2) is 68.8 Å². The van der Waals surface area contributed by atoms with Crippen molar-refractivity contribution in [2.45, 2.75) is 13.5 Å². The molecule has 0 aliphatic heterocycles. The molecule has 0 saturated carbocycles. The molecule has 208 valence electrons. The van der Waals surface area contributed by atoms with Gasteiger partial charge in [0.1, 0.15) is 23.9 Å². The summed E-state index contributed by atoms with van der Waals surface area (Å²) in [6, 6.07) is 14.9. The number of pyridine rings is 2. The molecule has 0 radical (unpaired) electrons. The number of hydrogen-bond acceptors (Lipinski definition) is 7. The lowest BCUT2D eigenvalue weighted by atomic mass is 10.0. The zero-order valence-electron chi connectivity index (χ0n) is 23.2. The topological polar surface area (TPSA) is 108 Å². The molecule has 0 spiro atoms. The molecule has 6 aromatic rings. The van der Waals surface area contributed by atoms with Crippen LogP contribution in [0, 0.1) is 5.82 Å². The second-order valence-electron chi connectivity index (χ2n) is 10.2. The van der Waals surface area contributed by atoms with Crippen LogP contribution in [-0.2, 0) is 6.54 Å². The van der Waals surface area contributed by atoms with Crippen LogP contribution in [0.5, 0.6) is 5.75 Å². The van der Waals surface area contributed by atoms with Gasteiger partial charge in [-0.25, -0.2) is 14.4 Å². The van der Waals surface area contributed by atoms with E-state index in [9.17, 15) is 4.39 Å². The number of hydrogen-bond donors (Lipinski definition) is 3. The van der Waals surface area contributed by atoms with Crippen LogP contribution in [0.3, 0.4) is 0 Å². The average molecular weight is 551 g/mol. The van der Waals surface area contributed by atoms with Gasteiger partial charge in [-0.2, -0.15) is 5.10 Å². The molecule has 2 aromatic carbocycles. The largest absolute Gasteiger partial charge is 0.492 e. The molecule has 10 heteroatoms. The Morgan fingerprint density at radius 3 is 2.76 bits per heavy atom. The van der Waals surface area contributed by atoms with E-state index in [4.69, 9.17) is 9.72 Å². The standard InChI is InChI=1S/C31H31FN8O/c1-4-33-16-19-11-22(18-34-17-19)20-5-6-27-26(14-20)29(39-38-27)31-36-28-25(7-8-35-30(28)37-31)21-12-23(32)15-24(13-21)41-10-9-40(2)3/h5-8,11-15,17-18,33H,4,9-10,16H2,1-3H3,(H,38,39)(H,35,36,37). The van der Waals surface area contributed by atoms with Gasteiger partial charge in [-0.05, 0) is 73.7 Å². The summed E-state index contributed by atoms with van der Waals surface area (Å²) in [4.78, 5) is 19.1. The number of aromatic nitrogens is 6. The zero-order chi connectivity index (χ0) is 28.3. The maximum absolute atomic E-state index is 14.6. The molecule has 0 unspecified atom stereocenters. The number of rotatable bonds is 10. The van der Waals surface area contributed by atoms with Gasteiger partial charge in [-0.3, -0.25) is 10.1 Å². The highest BCUT2D eigenvalue weighted by Crippen LogP contribution is 2.34. The van der Waals surface area contributed by atoms with Crippen molar-refractivity contribution in [2.75, 3.05) is 33.8 Å². The highest BCUT2D eigenvalue weighted by molar-refractivity contribution is 5.97. The highest BCUT2D eigenvalue weighted by Gasteiger charge is 2.17. The Labute approximate surface area is 236 Å². The monoisotopic (exact) mass is 550 g/mol. The van der Waals surface area contributed by atoms with Crippen molar-refractivity contribution in [3.63, 3.8) is 0 Å². The first-order chi connectivity index (χ1) is 20.0. The zero-order valence-corrected chi connectivity index (χ0v) is 23.2. The first kappa shape index (κ1) is 26.5. The molecule has 0 bridgehead atoms. The van der Waals surface area contributed by atoms with Crippen molar-refractivity contribution in [3.8, 4) is 39.5 Å². The fourth-order valence-electron chi connectivity index (χ4n) is 4.80. The molecule has 41 heavy (non-hydrogen) atoms. The van der Waals surface area contributed by atoms with Crippen molar-refractivity contribution < 1.29 is 9.13 Å². The molecule has 0 saturated heterocycles. The smallest absolute Gasteiger partial charge is 0.178 e. The minimum absolute atomic E-state index is 0.373. The SMILES string of the molecule is CCNCc1cncc(-c2ccc3[nH]nc(-c4nc5nccc(-c6cc(F)cc(OCCN(C)C)c6)c5[nH]4)c3c2)c1. The van der Waals surface area contributed by atoms with E-state index in [1.807, 2.05) is 49.6 Å². The first-order valence-electron chi connectivity index (χ1n) is 13.5. The number of H-pyrrole nitrogens is 2. The van der Waals surface area contributed by atoms with Crippen LogP contribution in [0.1, 0.15) is 12.5 Å². The second kappa shape index (κ2) is 11.4. The predicted octanol–water partition coefficient (Wildman–Crippen LogP) is 5.42. The Morgan fingerprint density at radius 1 is 1.00 bits per heavy atom. The van der Waals surface area contributed by atoms with E-state index in [2.05, 4.69) is 55.6 Å². The van der Waals surface area contributed by atoms with E-state index >= 15 is 0 Å². The van der Waals surface area contributed by atoms with Gasteiger partial charge >= 0.3 is 0 Å². The molecule has 3 N–H and O–H groups in total. The number of benzene rings is 2. The van der Waals surface area contributed by atoms with Crippen LogP contribution >= 0.6 is 0 Å². The fourth-order valence-corrected chi connectivity index (χ4v) is 4.80. The van der Waals surface area contributed by atoms with Gasteiger partial charge in [-0.1, -0.05) is 13.0 Å². The molecule has 4 aromatic heterocycles. The first-order valence-corrected chi connectivity index (χ1v) is 13.5. The summed E-state index contributed by atoms with van der Waals surface area (Å²) in [7, 11) is 3.93. The number of aromatic amines is 2. The Morgan fingerprint density at radius 2 is 1.90 bits per heavy atom. The highest BCUT2D eigenvalue weighted by atomic mass is 19.1. The summed E-state index contributed by atoms with van der Waals surface area (Å²) < 4.78 is 20.4. The number of ether oxygens (including phenoxy) is 1. The third kappa shape index (κ3) is 5.65. The molecule has 0 fully saturated rings. The molecule has 0 aliphatic carbocycles. The number of nitrogens with one attached hydrogen (secondary N) is 3. The van der Waals surface area contributed by atoms with Crippen LogP contribution < -0.4 is 10.1 Å². The number of halogens is 1. The number of likely N-dealkylation sites (N-methyl/N-ethyl adjacent to an activating group) is 1. The van der Waals surface area contributed by atoms with Gasteiger partial charge in [0.15, 0.2) is 11.5 Å². The number of imidazole rings is 1. The van der Waals surface area contributed by atoms with Crippen molar-refractivity contribution in [1.82, 2.24) is 40.3 Å². The lowest BCUT2D eigenvalue weighted by molar-refractivity contribution is 0.260. The van der Waals surface area contributed by atoms with Gasteiger partial charge in [0.25, 0.3) is 0 Å². The Balaban J connectivity index is 1.37. The Bertz CT molecular complexity index is 1830. The number of nitrogens with zero attached hydrogens (tertiary/aromatic N) is 5. The van der Waals surface area contributed by atoms with Crippen molar-refractivity contribution in [3.05, 3.63) is 78.5 Å². The molecular formula is C31H31FN8O. The van der Waals surface area contributed by atoms with E-state index in [1.54, 1.807) is 6.20 Å². The van der Waals surface area contributed by atoms with Crippen LogP contribution in [0.4, 0.5) is 4.39 Å². The van der Waals surface area contributed by atoms with E-state index in [-0.39, 0.29) is 5.82 Å². The second-order valence-corrected chi connectivity index (χ2v) is 10.2. The maximum atomic E-state index is 14.6. The molecule has 6 rings (SSSR count). The van der Waals surface area contributed by atoms with E-state index < -0.39 is 0 Å². The molecule has 0 atom stereocenters. The summed E-state index contributed by atoms with van der Waals surface area (Å²) in [5.74, 6) is 0.671. The summed E-state index contributed by atoms with van der Waals surface area (Å²) >= 11 is 0. The fraction of sp³-hybridized carbons (Fsp3) is 0.226. The normalized spacial score (nSPS) is 11.6. The molecule has 9 nitrogen and oxygen atoms in total. The maximum Gasteiger partial charge on any atom is 0.178 e. The van der Waals surface area contributed by atoms with Gasteiger partial charge in [0, 0.05) is 54.3 Å². The quantitative estimate of drug-likeness (QED) is 0.209. The van der Waals surface area contributed by atoms with Crippen LogP contribution in [0.25, 0.3) is 55.8 Å². The number of fused-ring (bicyclic) bond motifs is 2. The lowest BCUT2D eigenvalue weighted by Gasteiger charge is -2.12. The van der Waals surface area contributed by atoms with Gasteiger partial charge < -0.3 is 19.9 Å². The van der Waals surface area contributed by atoms with Crippen LogP contribution in [0.15, 0.2) is 67.1 Å². The van der Waals surface area contributed by atoms with Gasteiger partial charge in [0.2, 0.25) is 0 Å². The van der Waals surface area contributed by atoms with Crippen molar-refractivity contribution >= 4 is 22.1 Å². The molecule has 4 heterocycles. The average Bonchev–Trinajstić information content (AvgIpc) is 3.59. The molecule has 0 amide bonds. The predicted molar refractivity (Wildman–Crippen MR) is 159 cm³/mol. The Kier molecular flexibility index (Phi) is 7.41. The minimum atomic E-state index is -0.373. The third-order valence-corrected chi connectivity index (χ3v) is 6.88. The van der Waals surface area contributed by atoms with E-state index in [1.165, 1.54) is 12.1 Å². The third-order valence-electron chi connectivity index (χ3n) is 6.88. The van der Waals surface area contributed by atoms with Gasteiger partial charge in [0.05, 0.1) is 11.0 Å². The van der Waals surface area contributed by atoms with E-state index in [0.29, 0.717) is 40.6 Å². The minimum Gasteiger partial charge on any atom is -0.492 e. The van der Waals surface area contributed by atoms with Crippen molar-refractivity contribution in [1.29, 1.82) is 0 Å². The lowest BCUT2D eigenvalue weighted by Crippen LogP contribution is -2.19. The summed E-state index contributed by atoms with van der Waals surface area (Å²) in [6.07, 6.45) is 5.42. The Hall–Kier alpha value is -4.67. The summed E-state index contributed by atoms with van der Waals surface area (Å²) in [5, 5.41) is 12.0. The van der Waals surface area contributed by atoms with Crippen molar-refractivity contribution in [2.24, 2.45) is 0 Å².